The largest absolute Gasteiger partial charge is 0.349 e. The van der Waals surface area contributed by atoms with Crippen molar-refractivity contribution in [2.24, 2.45) is 0 Å². The first kappa shape index (κ1) is 20.9. The van der Waals surface area contributed by atoms with Gasteiger partial charge >= 0.3 is 0 Å². The fraction of sp³-hybridized carbons (Fsp3) is 0.263. The third-order valence-corrected chi connectivity index (χ3v) is 5.44. The predicted molar refractivity (Wildman–Crippen MR) is 106 cm³/mol. The van der Waals surface area contributed by atoms with E-state index in [1.807, 2.05) is 0 Å². The summed E-state index contributed by atoms with van der Waals surface area (Å²) in [4.78, 5) is 25.8. The Morgan fingerprint density at radius 2 is 1.63 bits per heavy atom. The van der Waals surface area contributed by atoms with E-state index >= 15 is 0 Å². The van der Waals surface area contributed by atoms with E-state index in [1.165, 1.54) is 24.0 Å². The second-order valence-corrected chi connectivity index (χ2v) is 8.68. The molecular weight excluding hydrogens is 388 g/mol. The van der Waals surface area contributed by atoms with Gasteiger partial charge in [-0.3, -0.25) is 9.59 Å². The zero-order chi connectivity index (χ0) is 20.2. The van der Waals surface area contributed by atoms with Crippen molar-refractivity contribution in [3.63, 3.8) is 0 Å². The van der Waals surface area contributed by atoms with E-state index in [-0.39, 0.29) is 23.1 Å². The van der Waals surface area contributed by atoms with Gasteiger partial charge in [0, 0.05) is 30.9 Å². The number of halogens is 1. The molecule has 6 nitrogen and oxygen atoms in total. The van der Waals surface area contributed by atoms with Gasteiger partial charge in [0.1, 0.15) is 0 Å². The van der Waals surface area contributed by atoms with Gasteiger partial charge < -0.3 is 10.2 Å². The fourth-order valence-electron chi connectivity index (χ4n) is 2.57. The minimum atomic E-state index is -3.30. The molecule has 0 aliphatic rings. The summed E-state index contributed by atoms with van der Waals surface area (Å²) in [5, 5.41) is 3.34. The Balaban J connectivity index is 2.18. The molecule has 2 aromatic carbocycles. The van der Waals surface area contributed by atoms with Crippen molar-refractivity contribution >= 4 is 38.9 Å². The molecular formula is C19H21ClN2O4S. The smallest absolute Gasteiger partial charge is 0.229 e. The van der Waals surface area contributed by atoms with Gasteiger partial charge in [-0.15, -0.1) is 0 Å². The van der Waals surface area contributed by atoms with Gasteiger partial charge in [-0.25, -0.2) is 8.42 Å². The molecule has 1 N–H and O–H groups in total. The Labute approximate surface area is 164 Å². The van der Waals surface area contributed by atoms with Crippen LogP contribution in [0.3, 0.4) is 0 Å². The van der Waals surface area contributed by atoms with Crippen molar-refractivity contribution in [2.45, 2.75) is 24.3 Å². The van der Waals surface area contributed by atoms with Crippen LogP contribution in [0, 0.1) is 0 Å². The SMILES string of the molecule is CC(=O)NC(CC(=O)N(C)c1ccc(S(C)(=O)=O)cc1)c1ccc(Cl)cc1. The van der Waals surface area contributed by atoms with Gasteiger partial charge in [-0.05, 0) is 42.0 Å². The molecule has 0 aliphatic heterocycles. The number of carbonyl (C=O) groups is 2. The Kier molecular flexibility index (Phi) is 6.62. The lowest BCUT2D eigenvalue weighted by Gasteiger charge is -2.23. The highest BCUT2D eigenvalue weighted by Gasteiger charge is 2.20. The molecule has 0 spiro atoms. The quantitative estimate of drug-likeness (QED) is 0.796. The highest BCUT2D eigenvalue weighted by Crippen LogP contribution is 2.23. The van der Waals surface area contributed by atoms with Gasteiger partial charge in [0.2, 0.25) is 11.8 Å². The van der Waals surface area contributed by atoms with E-state index in [2.05, 4.69) is 5.32 Å². The molecule has 27 heavy (non-hydrogen) atoms. The molecule has 0 radical (unpaired) electrons. The zero-order valence-electron chi connectivity index (χ0n) is 15.3. The summed E-state index contributed by atoms with van der Waals surface area (Å²) in [6.45, 7) is 1.39. The first-order chi connectivity index (χ1) is 12.6. The number of carbonyl (C=O) groups excluding carboxylic acids is 2. The second kappa shape index (κ2) is 8.54. The average Bonchev–Trinajstić information content (AvgIpc) is 2.60. The summed E-state index contributed by atoms with van der Waals surface area (Å²) in [7, 11) is -1.70. The first-order valence-corrected chi connectivity index (χ1v) is 10.4. The number of anilines is 1. The molecule has 1 unspecified atom stereocenters. The van der Waals surface area contributed by atoms with Gasteiger partial charge in [-0.1, -0.05) is 23.7 Å². The summed E-state index contributed by atoms with van der Waals surface area (Å²) in [6, 6.07) is 12.5. The topological polar surface area (TPSA) is 83.6 Å². The zero-order valence-corrected chi connectivity index (χ0v) is 16.8. The maximum Gasteiger partial charge on any atom is 0.229 e. The third kappa shape index (κ3) is 5.80. The van der Waals surface area contributed by atoms with Crippen molar-refractivity contribution < 1.29 is 18.0 Å². The van der Waals surface area contributed by atoms with Crippen LogP contribution in [0.4, 0.5) is 5.69 Å². The molecule has 0 aromatic heterocycles. The molecule has 0 fully saturated rings. The summed E-state index contributed by atoms with van der Waals surface area (Å²) in [5.41, 5.74) is 1.33. The lowest BCUT2D eigenvalue weighted by atomic mass is 10.0. The highest BCUT2D eigenvalue weighted by atomic mass is 35.5. The standard InChI is InChI=1S/C19H21ClN2O4S/c1-13(23)21-18(14-4-6-15(20)7-5-14)12-19(24)22(2)16-8-10-17(11-9-16)27(3,25)26/h4-11,18H,12H2,1-3H3,(H,21,23). The number of amides is 2. The summed E-state index contributed by atoms with van der Waals surface area (Å²) in [5.74, 6) is -0.473. The molecule has 0 bridgehead atoms. The van der Waals surface area contributed by atoms with Gasteiger partial charge in [0.05, 0.1) is 17.4 Å². The normalized spacial score (nSPS) is 12.3. The molecule has 2 rings (SSSR count). The number of nitrogens with zero attached hydrogens (tertiary/aromatic N) is 1. The van der Waals surface area contributed by atoms with Gasteiger partial charge in [0.15, 0.2) is 9.84 Å². The fourth-order valence-corrected chi connectivity index (χ4v) is 3.32. The Bertz CT molecular complexity index is 925. The minimum Gasteiger partial charge on any atom is -0.349 e. The summed E-state index contributed by atoms with van der Waals surface area (Å²) >= 11 is 5.90. The van der Waals surface area contributed by atoms with Crippen LogP contribution in [0.5, 0.6) is 0 Å². The lowest BCUT2D eigenvalue weighted by Crippen LogP contribution is -2.33. The van der Waals surface area contributed by atoms with Crippen LogP contribution in [-0.2, 0) is 19.4 Å². The minimum absolute atomic E-state index is 0.0472. The predicted octanol–water partition coefficient (Wildman–Crippen LogP) is 2.97. The molecule has 0 saturated carbocycles. The van der Waals surface area contributed by atoms with Crippen LogP contribution in [0.25, 0.3) is 0 Å². The molecule has 144 valence electrons. The van der Waals surface area contributed by atoms with Gasteiger partial charge in [0.25, 0.3) is 0 Å². The maximum atomic E-state index is 12.7. The Morgan fingerprint density at radius 1 is 1.07 bits per heavy atom. The van der Waals surface area contributed by atoms with E-state index in [0.29, 0.717) is 10.7 Å². The van der Waals surface area contributed by atoms with Crippen molar-refractivity contribution in [3.05, 3.63) is 59.1 Å². The first-order valence-electron chi connectivity index (χ1n) is 8.17. The summed E-state index contributed by atoms with van der Waals surface area (Å²) in [6.07, 6.45) is 1.17. The van der Waals surface area contributed by atoms with Crippen LogP contribution in [-0.4, -0.2) is 33.5 Å². The van der Waals surface area contributed by atoms with E-state index < -0.39 is 15.9 Å². The van der Waals surface area contributed by atoms with Crippen molar-refractivity contribution in [1.29, 1.82) is 0 Å². The second-order valence-electron chi connectivity index (χ2n) is 6.23. The van der Waals surface area contributed by atoms with E-state index in [9.17, 15) is 18.0 Å². The Hall–Kier alpha value is -2.38. The molecule has 0 heterocycles. The average molecular weight is 409 g/mol. The van der Waals surface area contributed by atoms with Crippen molar-refractivity contribution in [1.82, 2.24) is 5.32 Å². The Morgan fingerprint density at radius 3 is 2.11 bits per heavy atom. The van der Waals surface area contributed by atoms with Gasteiger partial charge in [-0.2, -0.15) is 0 Å². The molecule has 0 saturated heterocycles. The monoisotopic (exact) mass is 408 g/mol. The van der Waals surface area contributed by atoms with E-state index in [4.69, 9.17) is 11.6 Å². The third-order valence-electron chi connectivity index (χ3n) is 4.05. The van der Waals surface area contributed by atoms with Crippen LogP contribution in [0.2, 0.25) is 5.02 Å². The molecule has 2 aromatic rings. The highest BCUT2D eigenvalue weighted by molar-refractivity contribution is 7.90. The number of benzene rings is 2. The summed E-state index contributed by atoms with van der Waals surface area (Å²) < 4.78 is 23.1. The van der Waals surface area contributed by atoms with E-state index in [1.54, 1.807) is 43.4 Å². The van der Waals surface area contributed by atoms with Crippen LogP contribution in [0.15, 0.2) is 53.4 Å². The maximum absolute atomic E-state index is 12.7. The molecule has 1 atom stereocenters. The number of hydrogen-bond acceptors (Lipinski definition) is 4. The molecule has 8 heteroatoms. The van der Waals surface area contributed by atoms with Crippen molar-refractivity contribution in [2.75, 3.05) is 18.2 Å². The molecule has 2 amide bonds. The number of rotatable bonds is 6. The number of sulfone groups is 1. The van der Waals surface area contributed by atoms with Crippen LogP contribution in [0.1, 0.15) is 24.9 Å². The lowest BCUT2D eigenvalue weighted by molar-refractivity contribution is -0.121. The van der Waals surface area contributed by atoms with E-state index in [0.717, 1.165) is 11.8 Å². The van der Waals surface area contributed by atoms with Crippen LogP contribution < -0.4 is 10.2 Å². The molecule has 0 aliphatic carbocycles. The number of hydrogen-bond donors (Lipinski definition) is 1. The van der Waals surface area contributed by atoms with Crippen molar-refractivity contribution in [3.8, 4) is 0 Å². The van der Waals surface area contributed by atoms with Crippen LogP contribution >= 0.6 is 11.6 Å². The number of nitrogens with one attached hydrogen (secondary N) is 1.